The van der Waals surface area contributed by atoms with Gasteiger partial charge in [-0.15, -0.1) is 0 Å². The van der Waals surface area contributed by atoms with E-state index in [4.69, 9.17) is 11.5 Å². The molecular formula is C10H16N4O. The average molecular weight is 208 g/mol. The molecule has 0 fully saturated rings. The van der Waals surface area contributed by atoms with Crippen molar-refractivity contribution in [2.45, 2.75) is 19.0 Å². The lowest BCUT2D eigenvalue weighted by atomic mass is 10.1. The number of hydrogen-bond acceptors (Lipinski definition) is 4. The highest BCUT2D eigenvalue weighted by molar-refractivity contribution is 5.79. The molecule has 1 amide bonds. The van der Waals surface area contributed by atoms with E-state index < -0.39 is 11.9 Å². The number of aromatic nitrogens is 1. The second-order valence-electron chi connectivity index (χ2n) is 3.43. The third-order valence-corrected chi connectivity index (χ3v) is 2.19. The molecule has 0 aliphatic heterocycles. The van der Waals surface area contributed by atoms with Gasteiger partial charge in [-0.3, -0.25) is 9.78 Å². The summed E-state index contributed by atoms with van der Waals surface area (Å²) in [6.07, 6.45) is 3.48. The van der Waals surface area contributed by atoms with E-state index in [-0.39, 0.29) is 6.04 Å². The van der Waals surface area contributed by atoms with E-state index in [0.29, 0.717) is 6.54 Å². The predicted octanol–water partition coefficient (Wildman–Crippen LogP) is -0.455. The van der Waals surface area contributed by atoms with Gasteiger partial charge in [0.1, 0.15) is 0 Å². The summed E-state index contributed by atoms with van der Waals surface area (Å²) < 4.78 is 0. The van der Waals surface area contributed by atoms with Crippen molar-refractivity contribution in [3.63, 3.8) is 0 Å². The monoisotopic (exact) mass is 208 g/mol. The Morgan fingerprint density at radius 2 is 2.40 bits per heavy atom. The number of rotatable bonds is 5. The highest BCUT2D eigenvalue weighted by Crippen LogP contribution is 2.08. The first-order chi connectivity index (χ1) is 7.11. The minimum atomic E-state index is -0.649. The van der Waals surface area contributed by atoms with E-state index >= 15 is 0 Å². The zero-order valence-electron chi connectivity index (χ0n) is 8.68. The van der Waals surface area contributed by atoms with Crippen LogP contribution in [0.2, 0.25) is 0 Å². The van der Waals surface area contributed by atoms with Crippen molar-refractivity contribution < 1.29 is 4.79 Å². The number of nitrogens with two attached hydrogens (primary N) is 2. The van der Waals surface area contributed by atoms with Gasteiger partial charge >= 0.3 is 0 Å². The van der Waals surface area contributed by atoms with Gasteiger partial charge in [0.15, 0.2) is 0 Å². The van der Waals surface area contributed by atoms with Crippen LogP contribution in [0, 0.1) is 0 Å². The molecule has 1 aromatic heterocycles. The van der Waals surface area contributed by atoms with Crippen molar-refractivity contribution in [1.82, 2.24) is 10.3 Å². The molecule has 82 valence electrons. The molecular weight excluding hydrogens is 192 g/mol. The maximum Gasteiger partial charge on any atom is 0.235 e. The lowest BCUT2D eigenvalue weighted by molar-refractivity contribution is -0.119. The van der Waals surface area contributed by atoms with Crippen LogP contribution >= 0.6 is 0 Å². The molecule has 0 saturated carbocycles. The summed E-state index contributed by atoms with van der Waals surface area (Å²) in [6.45, 7) is 2.34. The van der Waals surface area contributed by atoms with Gasteiger partial charge in [-0.05, 0) is 18.6 Å². The number of nitrogens with zero attached hydrogens (tertiary/aromatic N) is 1. The van der Waals surface area contributed by atoms with Crippen LogP contribution in [-0.2, 0) is 4.79 Å². The molecule has 5 nitrogen and oxygen atoms in total. The van der Waals surface area contributed by atoms with Crippen LogP contribution in [0.5, 0.6) is 0 Å². The highest BCUT2D eigenvalue weighted by atomic mass is 16.1. The Kier molecular flexibility index (Phi) is 4.20. The number of carbonyl (C=O) groups is 1. The van der Waals surface area contributed by atoms with Crippen molar-refractivity contribution in [1.29, 1.82) is 0 Å². The topological polar surface area (TPSA) is 94.0 Å². The van der Waals surface area contributed by atoms with Crippen LogP contribution < -0.4 is 16.8 Å². The second-order valence-corrected chi connectivity index (χ2v) is 3.43. The molecule has 0 aliphatic rings. The van der Waals surface area contributed by atoms with Gasteiger partial charge < -0.3 is 16.8 Å². The van der Waals surface area contributed by atoms with Gasteiger partial charge in [0.25, 0.3) is 0 Å². The maximum absolute atomic E-state index is 10.7. The number of nitrogens with one attached hydrogen (secondary N) is 1. The van der Waals surface area contributed by atoms with Gasteiger partial charge in [-0.1, -0.05) is 6.07 Å². The lowest BCUT2D eigenvalue weighted by Crippen LogP contribution is -2.44. The van der Waals surface area contributed by atoms with Crippen LogP contribution in [0.4, 0.5) is 0 Å². The van der Waals surface area contributed by atoms with Crippen LogP contribution in [0.15, 0.2) is 24.5 Å². The van der Waals surface area contributed by atoms with Crippen LogP contribution in [0.25, 0.3) is 0 Å². The molecule has 1 rings (SSSR count). The summed E-state index contributed by atoms with van der Waals surface area (Å²) in [7, 11) is 0. The molecule has 5 N–H and O–H groups in total. The standard InChI is InChI=1S/C10H16N4O/c1-7(8-3-2-4-13-5-8)14-6-9(11)10(12)15/h2-5,7,9,14H,6,11H2,1H3,(H2,12,15). The molecule has 2 unspecified atom stereocenters. The Labute approximate surface area is 88.9 Å². The van der Waals surface area contributed by atoms with Gasteiger partial charge in [0.2, 0.25) is 5.91 Å². The zero-order valence-corrected chi connectivity index (χ0v) is 8.68. The van der Waals surface area contributed by atoms with Crippen molar-refractivity contribution in [2.24, 2.45) is 11.5 Å². The first kappa shape index (κ1) is 11.6. The fraction of sp³-hybridized carbons (Fsp3) is 0.400. The minimum absolute atomic E-state index is 0.101. The summed E-state index contributed by atoms with van der Waals surface area (Å²) in [6, 6.07) is 3.27. The number of amides is 1. The van der Waals surface area contributed by atoms with E-state index in [9.17, 15) is 4.79 Å². The number of hydrogen-bond donors (Lipinski definition) is 3. The van der Waals surface area contributed by atoms with Crippen molar-refractivity contribution >= 4 is 5.91 Å². The van der Waals surface area contributed by atoms with Crippen LogP contribution in [0.3, 0.4) is 0 Å². The summed E-state index contributed by atoms with van der Waals surface area (Å²) in [4.78, 5) is 14.7. The summed E-state index contributed by atoms with van der Waals surface area (Å²) in [5, 5.41) is 3.11. The van der Waals surface area contributed by atoms with E-state index in [0.717, 1.165) is 5.56 Å². The quantitative estimate of drug-likeness (QED) is 0.610. The third-order valence-electron chi connectivity index (χ3n) is 2.19. The Balaban J connectivity index is 2.43. The average Bonchev–Trinajstić information content (AvgIpc) is 2.26. The summed E-state index contributed by atoms with van der Waals surface area (Å²) in [5.41, 5.74) is 11.6. The Morgan fingerprint density at radius 1 is 1.67 bits per heavy atom. The first-order valence-corrected chi connectivity index (χ1v) is 4.79. The molecule has 0 aliphatic carbocycles. The fourth-order valence-electron chi connectivity index (χ4n) is 1.15. The molecule has 0 radical (unpaired) electrons. The number of primary amides is 1. The fourth-order valence-corrected chi connectivity index (χ4v) is 1.15. The molecule has 1 heterocycles. The summed E-state index contributed by atoms with van der Waals surface area (Å²) in [5.74, 6) is -0.499. The molecule has 5 heteroatoms. The van der Waals surface area contributed by atoms with Gasteiger partial charge in [-0.25, -0.2) is 0 Å². The zero-order chi connectivity index (χ0) is 11.3. The Morgan fingerprint density at radius 3 is 2.93 bits per heavy atom. The first-order valence-electron chi connectivity index (χ1n) is 4.79. The summed E-state index contributed by atoms with van der Waals surface area (Å²) >= 11 is 0. The van der Waals surface area contributed by atoms with E-state index in [1.54, 1.807) is 12.4 Å². The van der Waals surface area contributed by atoms with E-state index in [2.05, 4.69) is 10.3 Å². The SMILES string of the molecule is CC(NCC(N)C(N)=O)c1cccnc1. The minimum Gasteiger partial charge on any atom is -0.368 e. The molecule has 0 aromatic carbocycles. The van der Waals surface area contributed by atoms with Gasteiger partial charge in [0, 0.05) is 25.0 Å². The Bertz CT molecular complexity index is 314. The molecule has 15 heavy (non-hydrogen) atoms. The third kappa shape index (κ3) is 3.65. The van der Waals surface area contributed by atoms with Gasteiger partial charge in [-0.2, -0.15) is 0 Å². The molecule has 2 atom stereocenters. The second kappa shape index (κ2) is 5.43. The maximum atomic E-state index is 10.7. The Hall–Kier alpha value is -1.46. The number of pyridine rings is 1. The molecule has 0 saturated heterocycles. The van der Waals surface area contributed by atoms with Crippen molar-refractivity contribution in [3.05, 3.63) is 30.1 Å². The lowest BCUT2D eigenvalue weighted by Gasteiger charge is -2.15. The number of carbonyl (C=O) groups excluding carboxylic acids is 1. The largest absolute Gasteiger partial charge is 0.368 e. The van der Waals surface area contributed by atoms with Crippen molar-refractivity contribution in [2.75, 3.05) is 6.54 Å². The van der Waals surface area contributed by atoms with E-state index in [1.807, 2.05) is 19.1 Å². The van der Waals surface area contributed by atoms with Crippen LogP contribution in [-0.4, -0.2) is 23.5 Å². The highest BCUT2D eigenvalue weighted by Gasteiger charge is 2.11. The van der Waals surface area contributed by atoms with Crippen LogP contribution in [0.1, 0.15) is 18.5 Å². The molecule has 0 spiro atoms. The molecule has 1 aromatic rings. The van der Waals surface area contributed by atoms with Gasteiger partial charge in [0.05, 0.1) is 6.04 Å². The predicted molar refractivity (Wildman–Crippen MR) is 57.8 cm³/mol. The molecule has 0 bridgehead atoms. The van der Waals surface area contributed by atoms with E-state index in [1.165, 1.54) is 0 Å². The van der Waals surface area contributed by atoms with Crippen molar-refractivity contribution in [3.8, 4) is 0 Å². The normalized spacial score (nSPS) is 14.5. The smallest absolute Gasteiger partial charge is 0.235 e.